The molecule has 0 aromatic carbocycles. The van der Waals surface area contributed by atoms with Gasteiger partial charge in [0.1, 0.15) is 12.1 Å². The van der Waals surface area contributed by atoms with E-state index in [0.717, 1.165) is 12.8 Å². The van der Waals surface area contributed by atoms with Gasteiger partial charge in [0, 0.05) is 23.8 Å². The van der Waals surface area contributed by atoms with Gasteiger partial charge in [-0.05, 0) is 50.2 Å². The van der Waals surface area contributed by atoms with E-state index in [1.165, 1.54) is 24.2 Å². The third-order valence-corrected chi connectivity index (χ3v) is 8.22. The molecule has 0 spiro atoms. The van der Waals surface area contributed by atoms with Crippen molar-refractivity contribution in [1.82, 2.24) is 15.5 Å². The predicted octanol–water partition coefficient (Wildman–Crippen LogP) is 3.51. The summed E-state index contributed by atoms with van der Waals surface area (Å²) in [5.74, 6) is -0.372. The zero-order valence-corrected chi connectivity index (χ0v) is 23.7. The number of likely N-dealkylation sites (tertiary alicyclic amines) is 1. The van der Waals surface area contributed by atoms with Gasteiger partial charge in [0.15, 0.2) is 0 Å². The standard InChI is InChI=1S/C26H47N5O4S/c1-16(2)15-35-25(34)30-21(26(5,6)36-17(3)4)24(33)31-14-19(22(27)28)12-20(31)23(32)29-13-18-10-8-7-9-11-18/h16-21H,7-15H2,1-6H3,(H3,27,28)(H,29,32)(H,30,34)/t19-,20+,21+/m1/s1. The number of nitrogens with zero attached hydrogens (tertiary/aromatic N) is 1. The second-order valence-electron chi connectivity index (χ2n) is 11.5. The number of rotatable bonds is 11. The van der Waals surface area contributed by atoms with Crippen molar-refractivity contribution in [3.8, 4) is 0 Å². The summed E-state index contributed by atoms with van der Waals surface area (Å²) in [6.07, 6.45) is 5.48. The molecular weight excluding hydrogens is 478 g/mol. The first kappa shape index (κ1) is 30.3. The van der Waals surface area contributed by atoms with Crippen LogP contribution in [0.3, 0.4) is 0 Å². The Morgan fingerprint density at radius 2 is 1.78 bits per heavy atom. The van der Waals surface area contributed by atoms with Crippen molar-refractivity contribution in [3.05, 3.63) is 0 Å². The molecule has 3 atom stereocenters. The first-order valence-electron chi connectivity index (χ1n) is 13.3. The van der Waals surface area contributed by atoms with Crippen LogP contribution < -0.4 is 16.4 Å². The predicted molar refractivity (Wildman–Crippen MR) is 145 cm³/mol. The number of nitrogens with one attached hydrogen (secondary N) is 3. The van der Waals surface area contributed by atoms with E-state index in [0.29, 0.717) is 18.9 Å². The summed E-state index contributed by atoms with van der Waals surface area (Å²) in [4.78, 5) is 41.4. The maximum Gasteiger partial charge on any atom is 0.407 e. The van der Waals surface area contributed by atoms with Crippen molar-refractivity contribution in [3.63, 3.8) is 0 Å². The number of ether oxygens (including phenoxy) is 1. The molecular formula is C26H47N5O4S. The summed E-state index contributed by atoms with van der Waals surface area (Å²) < 4.78 is 4.66. The topological polar surface area (TPSA) is 138 Å². The third kappa shape index (κ3) is 8.85. The fraction of sp³-hybridized carbons (Fsp3) is 0.846. The van der Waals surface area contributed by atoms with Gasteiger partial charge in [-0.15, -0.1) is 0 Å². The Morgan fingerprint density at radius 3 is 2.33 bits per heavy atom. The van der Waals surface area contributed by atoms with Crippen LogP contribution in [0.2, 0.25) is 0 Å². The molecule has 0 aromatic rings. The van der Waals surface area contributed by atoms with Gasteiger partial charge in [0.25, 0.3) is 0 Å². The molecule has 10 heteroatoms. The minimum absolute atomic E-state index is 0.0351. The minimum atomic E-state index is -0.913. The molecule has 3 amide bonds. The van der Waals surface area contributed by atoms with Crippen LogP contribution in [0.1, 0.15) is 80.1 Å². The number of thioether (sulfide) groups is 1. The number of alkyl carbamates (subject to hydrolysis) is 1. The first-order chi connectivity index (χ1) is 16.8. The number of amidine groups is 1. The average Bonchev–Trinajstić information content (AvgIpc) is 3.25. The Bertz CT molecular complexity index is 782. The molecule has 206 valence electrons. The van der Waals surface area contributed by atoms with Crippen LogP contribution in [-0.2, 0) is 14.3 Å². The first-order valence-corrected chi connectivity index (χ1v) is 14.2. The molecule has 1 saturated heterocycles. The van der Waals surface area contributed by atoms with E-state index in [4.69, 9.17) is 15.9 Å². The van der Waals surface area contributed by atoms with Crippen LogP contribution in [0, 0.1) is 23.2 Å². The number of carbonyl (C=O) groups is 3. The van der Waals surface area contributed by atoms with Gasteiger partial charge in [-0.25, -0.2) is 4.79 Å². The lowest BCUT2D eigenvalue weighted by atomic mass is 9.89. The number of carbonyl (C=O) groups excluding carboxylic acids is 3. The monoisotopic (exact) mass is 525 g/mol. The molecule has 1 saturated carbocycles. The van der Waals surface area contributed by atoms with Crippen LogP contribution >= 0.6 is 11.8 Å². The average molecular weight is 526 g/mol. The molecule has 2 rings (SSSR count). The molecule has 0 unspecified atom stereocenters. The van der Waals surface area contributed by atoms with Crippen molar-refractivity contribution < 1.29 is 19.1 Å². The van der Waals surface area contributed by atoms with Crippen LogP contribution in [-0.4, -0.2) is 70.4 Å². The highest BCUT2D eigenvalue weighted by Gasteiger charge is 2.47. The molecule has 2 fully saturated rings. The van der Waals surface area contributed by atoms with Gasteiger partial charge in [-0.2, -0.15) is 11.8 Å². The van der Waals surface area contributed by atoms with Crippen molar-refractivity contribution in [2.75, 3.05) is 19.7 Å². The minimum Gasteiger partial charge on any atom is -0.449 e. The van der Waals surface area contributed by atoms with E-state index in [1.807, 2.05) is 41.5 Å². The van der Waals surface area contributed by atoms with Crippen LogP contribution in [0.4, 0.5) is 4.79 Å². The number of amides is 3. The van der Waals surface area contributed by atoms with Crippen molar-refractivity contribution in [2.45, 2.75) is 102 Å². The molecule has 1 aliphatic heterocycles. The zero-order valence-electron chi connectivity index (χ0n) is 22.9. The summed E-state index contributed by atoms with van der Waals surface area (Å²) in [5.41, 5.74) is 5.81. The van der Waals surface area contributed by atoms with Gasteiger partial charge in [-0.3, -0.25) is 15.0 Å². The third-order valence-electron chi connectivity index (χ3n) is 6.91. The zero-order chi connectivity index (χ0) is 27.0. The van der Waals surface area contributed by atoms with Crippen LogP contribution in [0.25, 0.3) is 0 Å². The molecule has 5 N–H and O–H groups in total. The highest BCUT2D eigenvalue weighted by molar-refractivity contribution is 8.01. The fourth-order valence-corrected chi connectivity index (χ4v) is 6.59. The van der Waals surface area contributed by atoms with E-state index in [2.05, 4.69) is 10.6 Å². The van der Waals surface area contributed by atoms with E-state index in [-0.39, 0.29) is 42.0 Å². The second-order valence-corrected chi connectivity index (χ2v) is 13.7. The van der Waals surface area contributed by atoms with Gasteiger partial charge in [0.2, 0.25) is 11.8 Å². The van der Waals surface area contributed by atoms with E-state index < -0.39 is 28.8 Å². The lowest BCUT2D eigenvalue weighted by Crippen LogP contribution is -2.60. The van der Waals surface area contributed by atoms with Crippen LogP contribution in [0.5, 0.6) is 0 Å². The summed E-state index contributed by atoms with van der Waals surface area (Å²) in [6, 6.07) is -1.64. The molecule has 9 nitrogen and oxygen atoms in total. The smallest absolute Gasteiger partial charge is 0.407 e. The highest BCUT2D eigenvalue weighted by atomic mass is 32.2. The maximum atomic E-state index is 14.0. The summed E-state index contributed by atoms with van der Waals surface area (Å²) in [5, 5.41) is 14.0. The van der Waals surface area contributed by atoms with Crippen LogP contribution in [0.15, 0.2) is 0 Å². The largest absolute Gasteiger partial charge is 0.449 e. The Hall–Kier alpha value is -1.97. The number of hydrogen-bond donors (Lipinski definition) is 4. The summed E-state index contributed by atoms with van der Waals surface area (Å²) >= 11 is 1.58. The molecule has 0 bridgehead atoms. The van der Waals surface area contributed by atoms with Crippen molar-refractivity contribution in [1.29, 1.82) is 5.41 Å². The van der Waals surface area contributed by atoms with Gasteiger partial charge >= 0.3 is 6.09 Å². The Balaban J connectivity index is 2.23. The lowest BCUT2D eigenvalue weighted by Gasteiger charge is -2.38. The molecule has 1 aliphatic carbocycles. The Labute approximate surface area is 220 Å². The van der Waals surface area contributed by atoms with E-state index in [9.17, 15) is 14.4 Å². The number of nitrogens with two attached hydrogens (primary N) is 1. The second kappa shape index (κ2) is 13.5. The summed E-state index contributed by atoms with van der Waals surface area (Å²) in [6.45, 7) is 12.8. The number of hydrogen-bond acceptors (Lipinski definition) is 6. The van der Waals surface area contributed by atoms with Crippen molar-refractivity contribution >= 4 is 35.5 Å². The quantitative estimate of drug-likeness (QED) is 0.241. The molecule has 0 aromatic heterocycles. The SMILES string of the molecule is CC(C)COC(=O)N[C@@H](C(=O)N1C[C@H](C(=N)N)C[C@H]1C(=O)NCC1CCCCC1)C(C)(C)SC(C)C. The molecule has 0 radical (unpaired) electrons. The van der Waals surface area contributed by atoms with Crippen molar-refractivity contribution in [2.24, 2.45) is 23.5 Å². The highest BCUT2D eigenvalue weighted by Crippen LogP contribution is 2.35. The molecule has 2 aliphatic rings. The Kier molecular flexibility index (Phi) is 11.4. The molecule has 36 heavy (non-hydrogen) atoms. The fourth-order valence-electron chi connectivity index (χ4n) is 5.08. The normalized spacial score (nSPS) is 21.9. The van der Waals surface area contributed by atoms with Gasteiger partial charge < -0.3 is 26.0 Å². The van der Waals surface area contributed by atoms with E-state index >= 15 is 0 Å². The van der Waals surface area contributed by atoms with E-state index in [1.54, 1.807) is 11.8 Å². The Morgan fingerprint density at radius 1 is 1.14 bits per heavy atom. The lowest BCUT2D eigenvalue weighted by molar-refractivity contribution is -0.140. The summed E-state index contributed by atoms with van der Waals surface area (Å²) in [7, 11) is 0. The maximum absolute atomic E-state index is 14.0. The van der Waals surface area contributed by atoms with Gasteiger partial charge in [-0.1, -0.05) is 47.0 Å². The molecule has 1 heterocycles. The van der Waals surface area contributed by atoms with Gasteiger partial charge in [0.05, 0.1) is 12.4 Å².